The number of aryl methyl sites for hydroxylation is 2. The van der Waals surface area contributed by atoms with Crippen molar-refractivity contribution >= 4 is 12.1 Å². The lowest BCUT2D eigenvalue weighted by atomic mass is 10.1. The van der Waals surface area contributed by atoms with Gasteiger partial charge in [0, 0.05) is 0 Å². The smallest absolute Gasteiger partial charge is 0.277 e. The minimum atomic E-state index is -0.288. The zero-order valence-electron chi connectivity index (χ0n) is 13.1. The predicted molar refractivity (Wildman–Crippen MR) is 88.3 cm³/mol. The van der Waals surface area contributed by atoms with Gasteiger partial charge in [-0.3, -0.25) is 4.79 Å². The van der Waals surface area contributed by atoms with E-state index in [9.17, 15) is 4.79 Å². The van der Waals surface area contributed by atoms with E-state index in [1.54, 1.807) is 6.21 Å². The van der Waals surface area contributed by atoms with Gasteiger partial charge < -0.3 is 4.74 Å². The van der Waals surface area contributed by atoms with Crippen LogP contribution in [0.4, 0.5) is 0 Å². The summed E-state index contributed by atoms with van der Waals surface area (Å²) >= 11 is 0. The molecule has 114 valence electrons. The first-order chi connectivity index (χ1) is 10.6. The SMILES string of the molecule is Cc1ccc(/C=N/NC(=O)COc2cccc(C)c2C)cc1. The lowest BCUT2D eigenvalue weighted by molar-refractivity contribution is -0.123. The lowest BCUT2D eigenvalue weighted by Gasteiger charge is -2.09. The van der Waals surface area contributed by atoms with Gasteiger partial charge in [0.1, 0.15) is 5.75 Å². The third-order valence-electron chi connectivity index (χ3n) is 3.39. The van der Waals surface area contributed by atoms with Crippen molar-refractivity contribution in [1.82, 2.24) is 5.43 Å². The van der Waals surface area contributed by atoms with Crippen LogP contribution in [0.25, 0.3) is 0 Å². The van der Waals surface area contributed by atoms with Crippen molar-refractivity contribution in [2.45, 2.75) is 20.8 Å². The molecule has 1 amide bonds. The number of benzene rings is 2. The quantitative estimate of drug-likeness (QED) is 0.680. The maximum Gasteiger partial charge on any atom is 0.277 e. The number of ether oxygens (including phenoxy) is 1. The maximum absolute atomic E-state index is 11.7. The highest BCUT2D eigenvalue weighted by molar-refractivity contribution is 5.82. The topological polar surface area (TPSA) is 50.7 Å². The number of hydrazone groups is 1. The van der Waals surface area contributed by atoms with Crippen molar-refractivity contribution in [3.8, 4) is 5.75 Å². The number of nitrogens with zero attached hydrogens (tertiary/aromatic N) is 1. The Balaban J connectivity index is 1.83. The van der Waals surface area contributed by atoms with Crippen LogP contribution >= 0.6 is 0 Å². The average molecular weight is 296 g/mol. The normalized spacial score (nSPS) is 10.7. The lowest BCUT2D eigenvalue weighted by Crippen LogP contribution is -2.24. The molecule has 0 aliphatic carbocycles. The van der Waals surface area contributed by atoms with Crippen molar-refractivity contribution in [2.24, 2.45) is 5.10 Å². The van der Waals surface area contributed by atoms with E-state index < -0.39 is 0 Å². The molecule has 2 rings (SSSR count). The number of carbonyl (C=O) groups excluding carboxylic acids is 1. The van der Waals surface area contributed by atoms with Gasteiger partial charge in [-0.25, -0.2) is 5.43 Å². The zero-order chi connectivity index (χ0) is 15.9. The van der Waals surface area contributed by atoms with Crippen molar-refractivity contribution in [3.63, 3.8) is 0 Å². The van der Waals surface area contributed by atoms with E-state index in [-0.39, 0.29) is 12.5 Å². The molecule has 0 saturated carbocycles. The van der Waals surface area contributed by atoms with Crippen LogP contribution in [-0.4, -0.2) is 18.7 Å². The molecule has 0 spiro atoms. The van der Waals surface area contributed by atoms with Crippen LogP contribution in [0.1, 0.15) is 22.3 Å². The molecule has 0 bridgehead atoms. The summed E-state index contributed by atoms with van der Waals surface area (Å²) in [7, 11) is 0. The average Bonchev–Trinajstić information content (AvgIpc) is 2.51. The fourth-order valence-electron chi connectivity index (χ4n) is 1.89. The van der Waals surface area contributed by atoms with Crippen LogP contribution in [0, 0.1) is 20.8 Å². The molecule has 0 radical (unpaired) electrons. The fourth-order valence-corrected chi connectivity index (χ4v) is 1.89. The van der Waals surface area contributed by atoms with E-state index in [1.165, 1.54) is 5.56 Å². The number of hydrogen-bond acceptors (Lipinski definition) is 3. The van der Waals surface area contributed by atoms with E-state index in [4.69, 9.17) is 4.74 Å². The highest BCUT2D eigenvalue weighted by Gasteiger charge is 2.05. The standard InChI is InChI=1S/C18H20N2O2/c1-13-7-9-16(10-8-13)11-19-20-18(21)12-22-17-6-4-5-14(2)15(17)3/h4-11H,12H2,1-3H3,(H,20,21)/b19-11+. The summed E-state index contributed by atoms with van der Waals surface area (Å²) in [5, 5.41) is 3.92. The van der Waals surface area contributed by atoms with Gasteiger partial charge in [-0.05, 0) is 43.5 Å². The second-order valence-electron chi connectivity index (χ2n) is 5.19. The molecule has 0 saturated heterocycles. The summed E-state index contributed by atoms with van der Waals surface area (Å²) < 4.78 is 5.51. The summed E-state index contributed by atoms with van der Waals surface area (Å²) in [4.78, 5) is 11.7. The van der Waals surface area contributed by atoms with E-state index in [0.29, 0.717) is 0 Å². The summed E-state index contributed by atoms with van der Waals surface area (Å²) in [6, 6.07) is 13.6. The molecular weight excluding hydrogens is 276 g/mol. The van der Waals surface area contributed by atoms with E-state index in [1.807, 2.05) is 63.2 Å². The first-order valence-corrected chi connectivity index (χ1v) is 7.14. The van der Waals surface area contributed by atoms with Crippen molar-refractivity contribution in [1.29, 1.82) is 0 Å². The van der Waals surface area contributed by atoms with Crippen LogP contribution < -0.4 is 10.2 Å². The maximum atomic E-state index is 11.7. The summed E-state index contributed by atoms with van der Waals surface area (Å²) in [6.45, 7) is 5.94. The highest BCUT2D eigenvalue weighted by atomic mass is 16.5. The predicted octanol–water partition coefficient (Wildman–Crippen LogP) is 3.14. The molecule has 0 atom stereocenters. The first-order valence-electron chi connectivity index (χ1n) is 7.14. The molecule has 2 aromatic rings. The summed E-state index contributed by atoms with van der Waals surface area (Å²) in [5.74, 6) is 0.432. The molecule has 1 N–H and O–H groups in total. The van der Waals surface area contributed by atoms with Crippen molar-refractivity contribution < 1.29 is 9.53 Å². The van der Waals surface area contributed by atoms with Crippen molar-refractivity contribution in [2.75, 3.05) is 6.61 Å². The van der Waals surface area contributed by atoms with Gasteiger partial charge in [0.25, 0.3) is 5.91 Å². The van der Waals surface area contributed by atoms with Gasteiger partial charge in [-0.2, -0.15) is 5.10 Å². The Labute approximate surface area is 130 Å². The molecule has 0 heterocycles. The monoisotopic (exact) mass is 296 g/mol. The number of nitrogens with one attached hydrogen (secondary N) is 1. The Hall–Kier alpha value is -2.62. The Morgan fingerprint density at radius 2 is 1.86 bits per heavy atom. The molecule has 4 nitrogen and oxygen atoms in total. The van der Waals surface area contributed by atoms with Gasteiger partial charge in [-0.15, -0.1) is 0 Å². The van der Waals surface area contributed by atoms with Crippen LogP contribution in [0.3, 0.4) is 0 Å². The van der Waals surface area contributed by atoms with Crippen LogP contribution in [0.15, 0.2) is 47.6 Å². The number of hydrogen-bond donors (Lipinski definition) is 1. The summed E-state index contributed by atoms with van der Waals surface area (Å²) in [6.07, 6.45) is 1.61. The number of amides is 1. The molecule has 4 heteroatoms. The zero-order valence-corrected chi connectivity index (χ0v) is 13.1. The Morgan fingerprint density at radius 1 is 1.14 bits per heavy atom. The van der Waals surface area contributed by atoms with Gasteiger partial charge >= 0.3 is 0 Å². The molecule has 22 heavy (non-hydrogen) atoms. The van der Waals surface area contributed by atoms with Gasteiger partial charge in [0.15, 0.2) is 6.61 Å². The van der Waals surface area contributed by atoms with E-state index in [0.717, 1.165) is 22.4 Å². The second-order valence-corrected chi connectivity index (χ2v) is 5.19. The summed E-state index contributed by atoms with van der Waals surface area (Å²) in [5.41, 5.74) is 6.75. The molecule has 0 fully saturated rings. The second kappa shape index (κ2) is 7.41. The number of rotatable bonds is 5. The first kappa shape index (κ1) is 15.8. The minimum Gasteiger partial charge on any atom is -0.483 e. The highest BCUT2D eigenvalue weighted by Crippen LogP contribution is 2.20. The molecule has 0 aliphatic heterocycles. The van der Waals surface area contributed by atoms with Gasteiger partial charge in [0.2, 0.25) is 0 Å². The molecule has 0 aromatic heterocycles. The fraction of sp³-hybridized carbons (Fsp3) is 0.222. The molecule has 2 aromatic carbocycles. The minimum absolute atomic E-state index is 0.0600. The van der Waals surface area contributed by atoms with Gasteiger partial charge in [0.05, 0.1) is 6.21 Å². The van der Waals surface area contributed by atoms with Gasteiger partial charge in [-0.1, -0.05) is 42.0 Å². The third-order valence-corrected chi connectivity index (χ3v) is 3.39. The Kier molecular flexibility index (Phi) is 5.31. The van der Waals surface area contributed by atoms with Crippen LogP contribution in [0.2, 0.25) is 0 Å². The van der Waals surface area contributed by atoms with E-state index in [2.05, 4.69) is 10.5 Å². The Bertz CT molecular complexity index is 676. The van der Waals surface area contributed by atoms with Crippen LogP contribution in [-0.2, 0) is 4.79 Å². The Morgan fingerprint density at radius 3 is 2.59 bits per heavy atom. The van der Waals surface area contributed by atoms with Crippen LogP contribution in [0.5, 0.6) is 5.75 Å². The molecule has 0 aliphatic rings. The van der Waals surface area contributed by atoms with E-state index >= 15 is 0 Å². The van der Waals surface area contributed by atoms with Crippen molar-refractivity contribution in [3.05, 3.63) is 64.7 Å². The molecule has 0 unspecified atom stereocenters. The third kappa shape index (κ3) is 4.45. The molecular formula is C18H20N2O2. The largest absolute Gasteiger partial charge is 0.483 e. The number of carbonyl (C=O) groups is 1.